The minimum absolute atomic E-state index is 0.862. The molecule has 0 unspecified atom stereocenters. The maximum absolute atomic E-state index is 7.10. The van der Waals surface area contributed by atoms with Crippen LogP contribution in [0.15, 0.2) is 167 Å². The van der Waals surface area contributed by atoms with Gasteiger partial charge in [0.2, 0.25) is 0 Å². The van der Waals surface area contributed by atoms with Crippen molar-refractivity contribution in [3.05, 3.63) is 158 Å². The fraction of sp³-hybridized carbons (Fsp3) is 0. The van der Waals surface area contributed by atoms with Crippen molar-refractivity contribution in [1.82, 2.24) is 0 Å². The molecule has 0 aliphatic rings. The smallest absolute Gasteiger partial charge is 0.144 e. The van der Waals surface area contributed by atoms with E-state index in [0.29, 0.717) is 0 Å². The maximum atomic E-state index is 7.10. The Hall–Kier alpha value is -6.38. The predicted octanol–water partition coefficient (Wildman–Crippen LogP) is 13.4. The summed E-state index contributed by atoms with van der Waals surface area (Å²) in [4.78, 5) is 0. The summed E-state index contributed by atoms with van der Waals surface area (Å²) in [6, 6.07) is 56.5. The van der Waals surface area contributed by atoms with Crippen LogP contribution in [0.25, 0.3) is 109 Å². The molecule has 0 saturated carbocycles. The Morgan fingerprint density at radius 1 is 0.312 bits per heavy atom. The quantitative estimate of drug-likeness (QED) is 0.182. The van der Waals surface area contributed by atoms with Crippen LogP contribution in [0.2, 0.25) is 0 Å². The van der Waals surface area contributed by atoms with Crippen LogP contribution in [-0.4, -0.2) is 0 Å². The minimum Gasteiger partial charge on any atom is -0.456 e. The summed E-state index contributed by atoms with van der Waals surface area (Å²) in [6.07, 6.45) is 0. The fourth-order valence-electron chi connectivity index (χ4n) is 8.14. The zero-order chi connectivity index (χ0) is 31.3. The third-order valence-corrected chi connectivity index (χ3v) is 10.2. The Bertz CT molecular complexity index is 3060. The highest BCUT2D eigenvalue weighted by Gasteiger charge is 2.25. The zero-order valence-corrected chi connectivity index (χ0v) is 25.8. The third kappa shape index (κ3) is 3.46. The van der Waals surface area contributed by atoms with E-state index < -0.39 is 0 Å². The van der Waals surface area contributed by atoms with Crippen molar-refractivity contribution in [3.63, 3.8) is 0 Å². The Labute approximate surface area is 275 Å². The molecule has 0 atom stereocenters. The lowest BCUT2D eigenvalue weighted by Crippen LogP contribution is -1.91. The summed E-state index contributed by atoms with van der Waals surface area (Å²) in [5, 5.41) is 13.9. The molecule has 2 nitrogen and oxygen atoms in total. The van der Waals surface area contributed by atoms with E-state index >= 15 is 0 Å². The molecule has 2 heteroatoms. The van der Waals surface area contributed by atoms with Crippen molar-refractivity contribution in [2.24, 2.45) is 0 Å². The molecule has 0 saturated heterocycles. The van der Waals surface area contributed by atoms with E-state index in [1.54, 1.807) is 0 Å². The van der Waals surface area contributed by atoms with Gasteiger partial charge in [0.05, 0.1) is 0 Å². The number of benzene rings is 9. The summed E-state index contributed by atoms with van der Waals surface area (Å²) >= 11 is 0. The highest BCUT2D eigenvalue weighted by Crippen LogP contribution is 2.50. The van der Waals surface area contributed by atoms with Gasteiger partial charge in [-0.3, -0.25) is 0 Å². The Balaban J connectivity index is 1.34. The van der Waals surface area contributed by atoms with Gasteiger partial charge in [0.25, 0.3) is 0 Å². The number of hydrogen-bond acceptors (Lipinski definition) is 2. The van der Waals surface area contributed by atoms with Crippen molar-refractivity contribution in [1.29, 1.82) is 0 Å². The summed E-state index contributed by atoms with van der Waals surface area (Å²) in [6.45, 7) is 0. The second-order valence-electron chi connectivity index (χ2n) is 12.8. The van der Waals surface area contributed by atoms with E-state index in [2.05, 4.69) is 152 Å². The van der Waals surface area contributed by atoms with Crippen LogP contribution in [0.4, 0.5) is 0 Å². The highest BCUT2D eigenvalue weighted by atomic mass is 16.3. The lowest BCUT2D eigenvalue weighted by atomic mass is 9.85. The van der Waals surface area contributed by atoms with Crippen LogP contribution in [0.5, 0.6) is 0 Å². The summed E-state index contributed by atoms with van der Waals surface area (Å²) in [5.41, 5.74) is 8.17. The second-order valence-corrected chi connectivity index (χ2v) is 12.8. The molecule has 11 aromatic rings. The van der Waals surface area contributed by atoms with Gasteiger partial charge in [-0.15, -0.1) is 0 Å². The lowest BCUT2D eigenvalue weighted by Gasteiger charge is -2.18. The van der Waals surface area contributed by atoms with Gasteiger partial charge >= 0.3 is 0 Å². The molecule has 2 aromatic heterocycles. The monoisotopic (exact) mass is 610 g/mol. The van der Waals surface area contributed by atoms with E-state index in [-0.39, 0.29) is 0 Å². The topological polar surface area (TPSA) is 26.3 Å². The molecule has 0 fully saturated rings. The minimum atomic E-state index is 0.862. The second kappa shape index (κ2) is 9.57. The van der Waals surface area contributed by atoms with Crippen LogP contribution in [0.3, 0.4) is 0 Å². The summed E-state index contributed by atoms with van der Waals surface area (Å²) in [5.74, 6) is 0. The first-order valence-corrected chi connectivity index (χ1v) is 16.4. The van der Waals surface area contributed by atoms with Crippen molar-refractivity contribution < 1.29 is 8.83 Å². The van der Waals surface area contributed by atoms with Crippen molar-refractivity contribution in [2.75, 3.05) is 0 Å². The number of hydrogen-bond donors (Lipinski definition) is 0. The Morgan fingerprint density at radius 2 is 0.896 bits per heavy atom. The molecule has 0 aliphatic heterocycles. The van der Waals surface area contributed by atoms with Crippen molar-refractivity contribution in [2.45, 2.75) is 0 Å². The molecule has 222 valence electrons. The average molecular weight is 611 g/mol. The number of fused-ring (bicyclic) bond motifs is 12. The molecule has 0 amide bonds. The highest BCUT2D eigenvalue weighted by molar-refractivity contribution is 6.33. The molecule has 0 N–H and O–H groups in total. The maximum Gasteiger partial charge on any atom is 0.144 e. The van der Waals surface area contributed by atoms with Gasteiger partial charge in [-0.1, -0.05) is 133 Å². The molecule has 11 rings (SSSR count). The van der Waals surface area contributed by atoms with E-state index in [4.69, 9.17) is 8.83 Å². The molecule has 0 radical (unpaired) electrons. The third-order valence-electron chi connectivity index (χ3n) is 10.2. The summed E-state index contributed by atoms with van der Waals surface area (Å²) in [7, 11) is 0. The van der Waals surface area contributed by atoms with Gasteiger partial charge in [0, 0.05) is 38.1 Å². The molecular formula is C46H26O2. The lowest BCUT2D eigenvalue weighted by molar-refractivity contribution is 0.665. The molecule has 48 heavy (non-hydrogen) atoms. The van der Waals surface area contributed by atoms with Gasteiger partial charge in [-0.05, 0) is 73.1 Å². The van der Waals surface area contributed by atoms with Crippen LogP contribution in [0, 0.1) is 0 Å². The molecule has 2 heterocycles. The van der Waals surface area contributed by atoms with E-state index in [1.165, 1.54) is 43.4 Å². The molecular weight excluding hydrogens is 585 g/mol. The van der Waals surface area contributed by atoms with Crippen LogP contribution >= 0.6 is 0 Å². The number of furan rings is 2. The first-order valence-electron chi connectivity index (χ1n) is 16.4. The van der Waals surface area contributed by atoms with Gasteiger partial charge in [0.1, 0.15) is 22.3 Å². The number of rotatable bonds is 2. The molecule has 0 spiro atoms. The van der Waals surface area contributed by atoms with E-state index in [0.717, 1.165) is 65.8 Å². The SMILES string of the molecule is c1ccc2cc(-c3c4ccccc4c(-c4cc5oc6ccccc6c5c5c4oc4c6ccccc6ccc45)c4ccccc34)ccc2c1. The van der Waals surface area contributed by atoms with Gasteiger partial charge in [-0.25, -0.2) is 0 Å². The molecule has 0 bridgehead atoms. The Morgan fingerprint density at radius 3 is 1.65 bits per heavy atom. The van der Waals surface area contributed by atoms with Gasteiger partial charge in [-0.2, -0.15) is 0 Å². The van der Waals surface area contributed by atoms with E-state index in [9.17, 15) is 0 Å². The Kier molecular flexibility index (Phi) is 5.14. The fourth-order valence-corrected chi connectivity index (χ4v) is 8.14. The zero-order valence-electron chi connectivity index (χ0n) is 25.8. The van der Waals surface area contributed by atoms with Gasteiger partial charge < -0.3 is 8.83 Å². The van der Waals surface area contributed by atoms with Crippen molar-refractivity contribution in [3.8, 4) is 22.3 Å². The first-order chi connectivity index (χ1) is 23.8. The van der Waals surface area contributed by atoms with Crippen LogP contribution in [-0.2, 0) is 0 Å². The van der Waals surface area contributed by atoms with Crippen LogP contribution in [0.1, 0.15) is 0 Å². The number of para-hydroxylation sites is 1. The largest absolute Gasteiger partial charge is 0.456 e. The first kappa shape index (κ1) is 25.8. The summed E-state index contributed by atoms with van der Waals surface area (Å²) < 4.78 is 13.7. The van der Waals surface area contributed by atoms with Gasteiger partial charge in [0.15, 0.2) is 0 Å². The average Bonchev–Trinajstić information content (AvgIpc) is 3.72. The van der Waals surface area contributed by atoms with E-state index in [1.807, 2.05) is 6.07 Å². The van der Waals surface area contributed by atoms with Crippen LogP contribution < -0.4 is 0 Å². The normalized spacial score (nSPS) is 12.2. The predicted molar refractivity (Wildman–Crippen MR) is 202 cm³/mol. The van der Waals surface area contributed by atoms with Crippen molar-refractivity contribution >= 4 is 87.0 Å². The molecule has 9 aromatic carbocycles. The molecule has 0 aliphatic carbocycles. The standard InChI is InChI=1S/C46H26O2/c1-2-13-29-25-30(22-21-27(29)11-1)41-32-15-5-7-17-34(32)42(35-18-8-6-16-33(35)41)38-26-40-43(36-19-9-10-20-39(36)47-40)44-37-24-23-28-12-3-4-14-31(28)45(37)48-46(38)44/h1-26H.